The van der Waals surface area contributed by atoms with Gasteiger partial charge in [0.1, 0.15) is 0 Å². The summed E-state index contributed by atoms with van der Waals surface area (Å²) < 4.78 is 5.17. The number of fused-ring (bicyclic) bond motifs is 1. The number of hydrogen-bond acceptors (Lipinski definition) is 4. The van der Waals surface area contributed by atoms with Crippen molar-refractivity contribution in [3.05, 3.63) is 83.0 Å². The number of pyridine rings is 1. The van der Waals surface area contributed by atoms with Gasteiger partial charge in [-0.1, -0.05) is 35.9 Å². The van der Waals surface area contributed by atoms with Gasteiger partial charge in [0, 0.05) is 22.0 Å². The number of ketones is 1. The normalized spacial score (nSPS) is 12.2. The predicted molar refractivity (Wildman–Crippen MR) is 102 cm³/mol. The summed E-state index contributed by atoms with van der Waals surface area (Å²) in [7, 11) is 0. The smallest absolute Gasteiger partial charge is 0.331 e. The van der Waals surface area contributed by atoms with Crippen molar-refractivity contribution in [3.63, 3.8) is 0 Å². The first-order chi connectivity index (χ1) is 12.5. The maximum absolute atomic E-state index is 12.3. The molecule has 0 saturated heterocycles. The van der Waals surface area contributed by atoms with Gasteiger partial charge >= 0.3 is 5.97 Å². The van der Waals surface area contributed by atoms with Gasteiger partial charge in [-0.2, -0.15) is 0 Å². The maximum Gasteiger partial charge on any atom is 0.331 e. The fourth-order valence-corrected chi connectivity index (χ4v) is 2.57. The van der Waals surface area contributed by atoms with Crippen molar-refractivity contribution in [1.29, 1.82) is 0 Å². The van der Waals surface area contributed by atoms with E-state index in [1.54, 1.807) is 30.3 Å². The molecule has 5 heteroatoms. The molecule has 0 fully saturated rings. The van der Waals surface area contributed by atoms with E-state index in [1.807, 2.05) is 36.4 Å². The summed E-state index contributed by atoms with van der Waals surface area (Å²) in [6.45, 7) is 1.54. The lowest BCUT2D eigenvalue weighted by Gasteiger charge is -2.10. The number of rotatable bonds is 5. The van der Waals surface area contributed by atoms with Crippen molar-refractivity contribution in [3.8, 4) is 0 Å². The predicted octanol–water partition coefficient (Wildman–Crippen LogP) is 4.72. The van der Waals surface area contributed by atoms with Gasteiger partial charge in [0.05, 0.1) is 11.2 Å². The topological polar surface area (TPSA) is 56.3 Å². The number of ether oxygens (including phenoxy) is 1. The van der Waals surface area contributed by atoms with Crippen molar-refractivity contribution in [2.45, 2.75) is 13.0 Å². The molecule has 3 rings (SSSR count). The molecule has 0 saturated carbocycles. The van der Waals surface area contributed by atoms with Crippen molar-refractivity contribution in [2.24, 2.45) is 0 Å². The first kappa shape index (κ1) is 17.8. The van der Waals surface area contributed by atoms with Crippen LogP contribution in [0.5, 0.6) is 0 Å². The van der Waals surface area contributed by atoms with E-state index in [1.165, 1.54) is 13.0 Å². The molecule has 130 valence electrons. The zero-order valence-electron chi connectivity index (χ0n) is 14.1. The summed E-state index contributed by atoms with van der Waals surface area (Å²) in [5.74, 6) is -0.887. The molecular formula is C21H16ClNO3. The molecule has 3 aromatic rings. The Balaban J connectivity index is 1.64. The summed E-state index contributed by atoms with van der Waals surface area (Å²) in [4.78, 5) is 28.7. The Morgan fingerprint density at radius 1 is 1.04 bits per heavy atom. The second-order valence-corrected chi connectivity index (χ2v) is 6.15. The number of halogens is 1. The van der Waals surface area contributed by atoms with E-state index in [9.17, 15) is 9.59 Å². The number of Topliss-reactive ketones (excluding diaryl/α,β-unsaturated/α-hetero) is 1. The zero-order valence-corrected chi connectivity index (χ0v) is 14.8. The molecular weight excluding hydrogens is 350 g/mol. The van der Waals surface area contributed by atoms with Crippen LogP contribution in [0.25, 0.3) is 17.0 Å². The molecule has 4 nitrogen and oxygen atoms in total. The highest BCUT2D eigenvalue weighted by Gasteiger charge is 2.18. The van der Waals surface area contributed by atoms with Crippen molar-refractivity contribution < 1.29 is 14.3 Å². The van der Waals surface area contributed by atoms with Gasteiger partial charge in [-0.05, 0) is 49.4 Å². The molecule has 1 heterocycles. The third kappa shape index (κ3) is 4.35. The zero-order chi connectivity index (χ0) is 18.5. The van der Waals surface area contributed by atoms with Crippen LogP contribution in [0.3, 0.4) is 0 Å². The first-order valence-corrected chi connectivity index (χ1v) is 8.45. The van der Waals surface area contributed by atoms with Crippen LogP contribution >= 0.6 is 11.6 Å². The molecule has 0 bridgehead atoms. The minimum Gasteiger partial charge on any atom is -0.451 e. The lowest BCUT2D eigenvalue weighted by molar-refractivity contribution is -0.140. The van der Waals surface area contributed by atoms with Crippen LogP contribution in [0.1, 0.15) is 23.0 Å². The van der Waals surface area contributed by atoms with Crippen LogP contribution in [0.15, 0.2) is 66.7 Å². The number of benzene rings is 2. The second kappa shape index (κ2) is 7.93. The standard InChI is InChI=1S/C21H16ClNO3/c1-14(21(25)16-6-9-17(22)10-7-16)26-20(24)13-12-18-11-8-15-4-2-3-5-19(15)23-18/h2-14H,1H3/b13-12+. The summed E-state index contributed by atoms with van der Waals surface area (Å²) >= 11 is 5.80. The van der Waals surface area contributed by atoms with E-state index >= 15 is 0 Å². The molecule has 1 atom stereocenters. The Hall–Kier alpha value is -2.98. The van der Waals surface area contributed by atoms with Crippen LogP contribution < -0.4 is 0 Å². The SMILES string of the molecule is CC(OC(=O)/C=C/c1ccc2ccccc2n1)C(=O)c1ccc(Cl)cc1. The number of aromatic nitrogens is 1. The summed E-state index contributed by atoms with van der Waals surface area (Å²) in [6, 6.07) is 17.9. The third-order valence-corrected chi connectivity index (χ3v) is 4.05. The molecule has 1 unspecified atom stereocenters. The molecule has 0 amide bonds. The average molecular weight is 366 g/mol. The Morgan fingerprint density at radius 3 is 2.54 bits per heavy atom. The van der Waals surface area contributed by atoms with E-state index < -0.39 is 12.1 Å². The first-order valence-electron chi connectivity index (χ1n) is 8.07. The number of esters is 1. The number of carbonyl (C=O) groups excluding carboxylic acids is 2. The van der Waals surface area contributed by atoms with Gasteiger partial charge in [0.2, 0.25) is 5.78 Å². The summed E-state index contributed by atoms with van der Waals surface area (Å²) in [6.07, 6.45) is 1.94. The second-order valence-electron chi connectivity index (χ2n) is 5.71. The molecule has 0 aliphatic carbocycles. The maximum atomic E-state index is 12.3. The molecule has 2 aromatic carbocycles. The van der Waals surface area contributed by atoms with Crippen molar-refractivity contribution in [2.75, 3.05) is 0 Å². The minimum atomic E-state index is -0.891. The van der Waals surface area contributed by atoms with Gasteiger partial charge in [-0.3, -0.25) is 4.79 Å². The van der Waals surface area contributed by atoms with Gasteiger partial charge in [-0.15, -0.1) is 0 Å². The molecule has 26 heavy (non-hydrogen) atoms. The number of hydrogen-bond donors (Lipinski definition) is 0. The molecule has 0 spiro atoms. The Morgan fingerprint density at radius 2 is 1.77 bits per heavy atom. The monoisotopic (exact) mass is 365 g/mol. The lowest BCUT2D eigenvalue weighted by atomic mass is 10.1. The van der Waals surface area contributed by atoms with Crippen LogP contribution in [-0.4, -0.2) is 22.8 Å². The van der Waals surface area contributed by atoms with Crippen LogP contribution in [0.4, 0.5) is 0 Å². The third-order valence-electron chi connectivity index (χ3n) is 3.80. The molecule has 0 N–H and O–H groups in total. The van der Waals surface area contributed by atoms with E-state index in [0.29, 0.717) is 16.3 Å². The van der Waals surface area contributed by atoms with Crippen molar-refractivity contribution in [1.82, 2.24) is 4.98 Å². The minimum absolute atomic E-state index is 0.285. The Bertz CT molecular complexity index is 980. The van der Waals surface area contributed by atoms with Crippen molar-refractivity contribution >= 4 is 40.3 Å². The lowest BCUT2D eigenvalue weighted by Crippen LogP contribution is -2.23. The quantitative estimate of drug-likeness (QED) is 0.373. The molecule has 0 aliphatic rings. The van der Waals surface area contributed by atoms with E-state index in [2.05, 4.69) is 4.98 Å². The fraction of sp³-hybridized carbons (Fsp3) is 0.0952. The highest BCUT2D eigenvalue weighted by molar-refractivity contribution is 6.30. The average Bonchev–Trinajstić information content (AvgIpc) is 2.66. The van der Waals surface area contributed by atoms with Gasteiger partial charge in [0.25, 0.3) is 0 Å². The van der Waals surface area contributed by atoms with E-state index in [-0.39, 0.29) is 5.78 Å². The van der Waals surface area contributed by atoms with Crippen LogP contribution in [0.2, 0.25) is 5.02 Å². The van der Waals surface area contributed by atoms with E-state index in [0.717, 1.165) is 10.9 Å². The highest BCUT2D eigenvalue weighted by Crippen LogP contribution is 2.14. The molecule has 1 aromatic heterocycles. The number of nitrogens with zero attached hydrogens (tertiary/aromatic N) is 1. The fourth-order valence-electron chi connectivity index (χ4n) is 2.44. The number of para-hydroxylation sites is 1. The number of carbonyl (C=O) groups is 2. The summed E-state index contributed by atoms with van der Waals surface area (Å²) in [5.41, 5.74) is 1.92. The Labute approximate surface area is 156 Å². The van der Waals surface area contributed by atoms with Gasteiger partial charge in [-0.25, -0.2) is 9.78 Å². The van der Waals surface area contributed by atoms with E-state index in [4.69, 9.17) is 16.3 Å². The largest absolute Gasteiger partial charge is 0.451 e. The molecule has 0 radical (unpaired) electrons. The van der Waals surface area contributed by atoms with Crippen LogP contribution in [0, 0.1) is 0 Å². The van der Waals surface area contributed by atoms with Crippen LogP contribution in [-0.2, 0) is 9.53 Å². The molecule has 0 aliphatic heterocycles. The highest BCUT2D eigenvalue weighted by atomic mass is 35.5. The van der Waals surface area contributed by atoms with Gasteiger partial charge in [0.15, 0.2) is 6.10 Å². The van der Waals surface area contributed by atoms with Gasteiger partial charge < -0.3 is 4.74 Å². The summed E-state index contributed by atoms with van der Waals surface area (Å²) in [5, 5.41) is 1.56. The Kier molecular flexibility index (Phi) is 5.44.